The number of hydrogen-bond donors (Lipinski definition) is 1. The van der Waals surface area contributed by atoms with E-state index in [1.807, 2.05) is 0 Å². The molecular formula is C11H17F2NO4. The molecule has 1 rings (SSSR count). The van der Waals surface area contributed by atoms with Crippen LogP contribution in [0.5, 0.6) is 0 Å². The second-order valence-electron chi connectivity index (χ2n) is 5.26. The van der Waals surface area contributed by atoms with Crippen molar-refractivity contribution in [1.82, 2.24) is 4.90 Å². The second kappa shape index (κ2) is 4.70. The van der Waals surface area contributed by atoms with Crippen molar-refractivity contribution in [2.75, 3.05) is 6.54 Å². The number of aliphatic carboxylic acids is 1. The minimum absolute atomic E-state index is 0.0431. The van der Waals surface area contributed by atoms with Crippen molar-refractivity contribution in [3.8, 4) is 0 Å². The minimum Gasteiger partial charge on any atom is -0.477 e. The molecule has 1 unspecified atom stereocenters. The molecule has 1 aliphatic heterocycles. The van der Waals surface area contributed by atoms with Crippen LogP contribution in [0.2, 0.25) is 0 Å². The Morgan fingerprint density at radius 3 is 2.33 bits per heavy atom. The van der Waals surface area contributed by atoms with Gasteiger partial charge in [0.2, 0.25) is 0 Å². The monoisotopic (exact) mass is 265 g/mol. The predicted molar refractivity (Wildman–Crippen MR) is 58.5 cm³/mol. The molecule has 7 heteroatoms. The van der Waals surface area contributed by atoms with E-state index in [1.54, 1.807) is 20.8 Å². The topological polar surface area (TPSA) is 66.8 Å². The molecule has 0 bridgehead atoms. The van der Waals surface area contributed by atoms with Crippen LogP contribution in [0.3, 0.4) is 0 Å². The maximum Gasteiger partial charge on any atom is 0.410 e. The Kier molecular flexibility index (Phi) is 3.83. The third kappa shape index (κ3) is 3.08. The molecule has 0 aromatic rings. The minimum atomic E-state index is -3.95. The van der Waals surface area contributed by atoms with Crippen LogP contribution in [0.25, 0.3) is 0 Å². The van der Waals surface area contributed by atoms with Crippen LogP contribution in [0.4, 0.5) is 13.6 Å². The van der Waals surface area contributed by atoms with Crippen molar-refractivity contribution >= 4 is 12.1 Å². The van der Waals surface area contributed by atoms with Crippen LogP contribution in [0.1, 0.15) is 33.6 Å². The summed E-state index contributed by atoms with van der Waals surface area (Å²) in [4.78, 5) is 23.1. The summed E-state index contributed by atoms with van der Waals surface area (Å²) in [6.07, 6.45) is -0.600. The van der Waals surface area contributed by atoms with Gasteiger partial charge < -0.3 is 9.84 Å². The van der Waals surface area contributed by atoms with E-state index in [4.69, 9.17) is 9.84 Å². The van der Waals surface area contributed by atoms with Gasteiger partial charge in [0.25, 0.3) is 0 Å². The zero-order valence-electron chi connectivity index (χ0n) is 10.6. The van der Waals surface area contributed by atoms with Crippen LogP contribution >= 0.6 is 0 Å². The fraction of sp³-hybridized carbons (Fsp3) is 0.818. The number of alkyl halides is 2. The highest BCUT2D eigenvalue weighted by Gasteiger charge is 2.53. The Labute approximate surface area is 104 Å². The van der Waals surface area contributed by atoms with E-state index in [1.165, 1.54) is 0 Å². The molecule has 104 valence electrons. The number of nitrogens with zero attached hydrogens (tertiary/aromatic N) is 1. The van der Waals surface area contributed by atoms with Crippen LogP contribution in [0.15, 0.2) is 0 Å². The Hall–Kier alpha value is -1.40. The number of carbonyl (C=O) groups excluding carboxylic acids is 1. The number of hydrogen-bond acceptors (Lipinski definition) is 3. The number of carboxylic acids is 1. The van der Waals surface area contributed by atoms with Crippen molar-refractivity contribution in [2.24, 2.45) is 0 Å². The van der Waals surface area contributed by atoms with E-state index in [0.29, 0.717) is 6.42 Å². The maximum absolute atomic E-state index is 13.4. The SMILES string of the molecule is CC(C)(C)OC(=O)N1CCCC1C(F)(F)C(=O)O. The molecule has 0 aliphatic carbocycles. The summed E-state index contributed by atoms with van der Waals surface area (Å²) in [5, 5.41) is 8.51. The molecule has 0 saturated carbocycles. The van der Waals surface area contributed by atoms with Crippen LogP contribution < -0.4 is 0 Å². The molecular weight excluding hydrogens is 248 g/mol. The molecule has 1 fully saturated rings. The van der Waals surface area contributed by atoms with Gasteiger partial charge in [-0.15, -0.1) is 0 Å². The van der Waals surface area contributed by atoms with E-state index in [0.717, 1.165) is 4.90 Å². The number of ether oxygens (including phenoxy) is 1. The largest absolute Gasteiger partial charge is 0.477 e. The first-order chi connectivity index (χ1) is 8.05. The van der Waals surface area contributed by atoms with Crippen LogP contribution in [-0.4, -0.2) is 46.2 Å². The Bertz CT molecular complexity index is 351. The van der Waals surface area contributed by atoms with Gasteiger partial charge in [0.15, 0.2) is 0 Å². The fourth-order valence-corrected chi connectivity index (χ4v) is 1.83. The number of rotatable bonds is 2. The fourth-order valence-electron chi connectivity index (χ4n) is 1.83. The van der Waals surface area contributed by atoms with E-state index in [9.17, 15) is 18.4 Å². The first kappa shape index (κ1) is 14.7. The summed E-state index contributed by atoms with van der Waals surface area (Å²) >= 11 is 0. The van der Waals surface area contributed by atoms with E-state index in [2.05, 4.69) is 0 Å². The summed E-state index contributed by atoms with van der Waals surface area (Å²) in [5.41, 5.74) is -0.803. The highest BCUT2D eigenvalue weighted by atomic mass is 19.3. The third-order valence-electron chi connectivity index (χ3n) is 2.58. The van der Waals surface area contributed by atoms with Crippen molar-refractivity contribution in [3.05, 3.63) is 0 Å². The molecule has 0 aromatic heterocycles. The average molecular weight is 265 g/mol. The summed E-state index contributed by atoms with van der Waals surface area (Å²) in [7, 11) is 0. The lowest BCUT2D eigenvalue weighted by atomic mass is 10.1. The molecule has 1 saturated heterocycles. The maximum atomic E-state index is 13.4. The zero-order chi connectivity index (χ0) is 14.1. The average Bonchev–Trinajstić information content (AvgIpc) is 2.62. The lowest BCUT2D eigenvalue weighted by Crippen LogP contribution is -2.51. The Morgan fingerprint density at radius 2 is 1.89 bits per heavy atom. The first-order valence-corrected chi connectivity index (χ1v) is 5.66. The molecule has 1 heterocycles. The molecule has 1 N–H and O–H groups in total. The van der Waals surface area contributed by atoms with E-state index >= 15 is 0 Å². The first-order valence-electron chi connectivity index (χ1n) is 5.66. The van der Waals surface area contributed by atoms with E-state index < -0.39 is 29.6 Å². The van der Waals surface area contributed by atoms with Gasteiger partial charge in [-0.1, -0.05) is 0 Å². The summed E-state index contributed by atoms with van der Waals surface area (Å²) in [5.74, 6) is -6.17. The summed E-state index contributed by atoms with van der Waals surface area (Å²) < 4.78 is 31.9. The van der Waals surface area contributed by atoms with Crippen molar-refractivity contribution in [3.63, 3.8) is 0 Å². The van der Waals surface area contributed by atoms with Crippen molar-refractivity contribution < 1.29 is 28.2 Å². The molecule has 1 atom stereocenters. The zero-order valence-corrected chi connectivity index (χ0v) is 10.6. The normalized spacial score (nSPS) is 20.9. The van der Waals surface area contributed by atoms with Crippen LogP contribution in [-0.2, 0) is 9.53 Å². The lowest BCUT2D eigenvalue weighted by molar-refractivity contribution is -0.173. The number of amides is 1. The van der Waals surface area contributed by atoms with Gasteiger partial charge >= 0.3 is 18.0 Å². The molecule has 0 radical (unpaired) electrons. The number of carbonyl (C=O) groups is 2. The summed E-state index contributed by atoms with van der Waals surface area (Å²) in [6, 6.07) is -1.63. The standard InChI is InChI=1S/C11H17F2NO4/c1-10(2,3)18-9(17)14-6-4-5-7(14)11(12,13)8(15)16/h7H,4-6H2,1-3H3,(H,15,16). The molecule has 18 heavy (non-hydrogen) atoms. The van der Waals surface area contributed by atoms with Gasteiger partial charge in [-0.05, 0) is 33.6 Å². The smallest absolute Gasteiger partial charge is 0.410 e. The van der Waals surface area contributed by atoms with Gasteiger partial charge in [-0.25, -0.2) is 9.59 Å². The van der Waals surface area contributed by atoms with Crippen molar-refractivity contribution in [1.29, 1.82) is 0 Å². The number of halogens is 2. The molecule has 5 nitrogen and oxygen atoms in total. The summed E-state index contributed by atoms with van der Waals surface area (Å²) in [6.45, 7) is 4.93. The van der Waals surface area contributed by atoms with Crippen molar-refractivity contribution in [2.45, 2.75) is 51.2 Å². The highest BCUT2D eigenvalue weighted by Crippen LogP contribution is 2.32. The third-order valence-corrected chi connectivity index (χ3v) is 2.58. The molecule has 1 amide bonds. The van der Waals surface area contributed by atoms with Gasteiger partial charge in [-0.3, -0.25) is 4.90 Å². The molecule has 0 spiro atoms. The van der Waals surface area contributed by atoms with Gasteiger partial charge in [0.05, 0.1) is 0 Å². The van der Waals surface area contributed by atoms with Gasteiger partial charge in [0.1, 0.15) is 11.6 Å². The number of likely N-dealkylation sites (tertiary alicyclic amines) is 1. The van der Waals surface area contributed by atoms with Gasteiger partial charge in [0, 0.05) is 6.54 Å². The Balaban J connectivity index is 2.83. The quantitative estimate of drug-likeness (QED) is 0.830. The lowest BCUT2D eigenvalue weighted by Gasteiger charge is -2.31. The number of carboxylic acid groups (broad SMARTS) is 1. The van der Waals surface area contributed by atoms with Gasteiger partial charge in [-0.2, -0.15) is 8.78 Å². The van der Waals surface area contributed by atoms with Crippen LogP contribution in [0, 0.1) is 0 Å². The predicted octanol–water partition coefficient (Wildman–Crippen LogP) is 2.11. The Morgan fingerprint density at radius 1 is 1.33 bits per heavy atom. The van der Waals surface area contributed by atoms with E-state index in [-0.39, 0.29) is 13.0 Å². The molecule has 1 aliphatic rings. The highest BCUT2D eigenvalue weighted by molar-refractivity contribution is 5.78. The second-order valence-corrected chi connectivity index (χ2v) is 5.26. The molecule has 0 aromatic carbocycles.